The van der Waals surface area contributed by atoms with Crippen LogP contribution in [0.25, 0.3) is 0 Å². The molecule has 1 fully saturated rings. The van der Waals surface area contributed by atoms with E-state index >= 15 is 0 Å². The van der Waals surface area contributed by atoms with Crippen molar-refractivity contribution in [3.05, 3.63) is 0 Å². The highest BCUT2D eigenvalue weighted by molar-refractivity contribution is 8.14. The molecule has 1 saturated heterocycles. The van der Waals surface area contributed by atoms with E-state index in [0.29, 0.717) is 18.1 Å². The highest BCUT2D eigenvalue weighted by Gasteiger charge is 2.33. The molecule has 0 bridgehead atoms. The van der Waals surface area contributed by atoms with Gasteiger partial charge in [0.25, 0.3) is 0 Å². The molecule has 1 aliphatic heterocycles. The summed E-state index contributed by atoms with van der Waals surface area (Å²) in [7, 11) is 0. The summed E-state index contributed by atoms with van der Waals surface area (Å²) >= 11 is 4.34. The molecular weight excluding hydrogens is 302 g/mol. The van der Waals surface area contributed by atoms with Crippen molar-refractivity contribution in [3.8, 4) is 0 Å². The third kappa shape index (κ3) is 3.93. The van der Waals surface area contributed by atoms with E-state index in [1.54, 1.807) is 16.7 Å². The quantitative estimate of drug-likeness (QED) is 0.614. The average Bonchev–Trinajstić information content (AvgIpc) is 2.92. The van der Waals surface area contributed by atoms with E-state index in [9.17, 15) is 9.59 Å². The first-order chi connectivity index (χ1) is 9.10. The Hall–Kier alpha value is -0.600. The molecule has 1 aromatic heterocycles. The molecule has 0 spiro atoms. The summed E-state index contributed by atoms with van der Waals surface area (Å²) in [5.74, 6) is 1.03. The normalized spacial score (nSPS) is 19.2. The predicted octanol–water partition coefficient (Wildman–Crippen LogP) is 2.43. The van der Waals surface area contributed by atoms with Crippen LogP contribution < -0.4 is 4.90 Å². The second-order valence-corrected chi connectivity index (χ2v) is 7.91. The Morgan fingerprint density at radius 1 is 1.53 bits per heavy atom. The number of hydrogen-bond acceptors (Lipinski definition) is 7. The zero-order valence-electron chi connectivity index (χ0n) is 10.8. The predicted molar refractivity (Wildman–Crippen MR) is 80.0 cm³/mol. The fraction of sp³-hybridized carbons (Fsp3) is 0.636. The molecule has 1 unspecified atom stereocenters. The molecule has 5 nitrogen and oxygen atoms in total. The van der Waals surface area contributed by atoms with Gasteiger partial charge < -0.3 is 0 Å². The number of nitrogens with zero attached hydrogens (tertiary/aromatic N) is 3. The van der Waals surface area contributed by atoms with Gasteiger partial charge in [-0.2, -0.15) is 0 Å². The van der Waals surface area contributed by atoms with E-state index in [-0.39, 0.29) is 16.3 Å². The van der Waals surface area contributed by atoms with Crippen LogP contribution in [0.5, 0.6) is 0 Å². The Bertz CT molecular complexity index is 478. The molecule has 104 valence electrons. The molecule has 0 radical (unpaired) electrons. The van der Waals surface area contributed by atoms with Crippen LogP contribution in [-0.4, -0.2) is 38.8 Å². The lowest BCUT2D eigenvalue weighted by Crippen LogP contribution is -2.24. The molecule has 2 rings (SSSR count). The number of carbonyl (C=O) groups excluding carboxylic acids is 2. The van der Waals surface area contributed by atoms with Gasteiger partial charge in [-0.15, -0.1) is 10.2 Å². The minimum Gasteiger partial charge on any atom is -0.288 e. The van der Waals surface area contributed by atoms with Crippen molar-refractivity contribution in [1.29, 1.82) is 0 Å². The van der Waals surface area contributed by atoms with Gasteiger partial charge in [-0.25, -0.2) is 0 Å². The van der Waals surface area contributed by atoms with E-state index in [4.69, 9.17) is 0 Å². The van der Waals surface area contributed by atoms with Gasteiger partial charge in [0.15, 0.2) is 9.45 Å². The lowest BCUT2D eigenvalue weighted by atomic mass is 10.4. The molecule has 0 aliphatic carbocycles. The highest BCUT2D eigenvalue weighted by Crippen LogP contribution is 2.33. The van der Waals surface area contributed by atoms with Crippen molar-refractivity contribution in [1.82, 2.24) is 10.2 Å². The second kappa shape index (κ2) is 6.71. The highest BCUT2D eigenvalue weighted by atomic mass is 32.2. The maximum absolute atomic E-state index is 11.9. The van der Waals surface area contributed by atoms with Crippen molar-refractivity contribution in [3.63, 3.8) is 0 Å². The van der Waals surface area contributed by atoms with Crippen LogP contribution in [0.3, 0.4) is 0 Å². The van der Waals surface area contributed by atoms with Crippen LogP contribution in [0.2, 0.25) is 0 Å². The lowest BCUT2D eigenvalue weighted by molar-refractivity contribution is -0.117. The number of amides is 1. The van der Waals surface area contributed by atoms with Crippen molar-refractivity contribution in [2.24, 2.45) is 0 Å². The summed E-state index contributed by atoms with van der Waals surface area (Å²) in [4.78, 5) is 24.6. The molecule has 0 aromatic carbocycles. The molecule has 0 saturated carbocycles. The molecule has 19 heavy (non-hydrogen) atoms. The number of rotatable bonds is 5. The Kier molecular flexibility index (Phi) is 5.23. The van der Waals surface area contributed by atoms with Gasteiger partial charge in [0, 0.05) is 30.9 Å². The van der Waals surface area contributed by atoms with Crippen LogP contribution in [0.15, 0.2) is 4.34 Å². The number of aromatic nitrogens is 2. The van der Waals surface area contributed by atoms with E-state index in [1.807, 2.05) is 0 Å². The fourth-order valence-corrected chi connectivity index (χ4v) is 4.44. The molecule has 2 heterocycles. The minimum atomic E-state index is 0.0296. The maximum atomic E-state index is 11.9. The standard InChI is InChI=1S/C11H15N3O2S3/c1-3-4-17-11-13-12-10(19-11)14-6-8(5-9(14)16)18-7(2)15/h8H,3-6H2,1-2H3. The van der Waals surface area contributed by atoms with E-state index in [2.05, 4.69) is 17.1 Å². The first-order valence-electron chi connectivity index (χ1n) is 6.04. The summed E-state index contributed by atoms with van der Waals surface area (Å²) in [6.45, 7) is 4.20. The zero-order chi connectivity index (χ0) is 13.8. The van der Waals surface area contributed by atoms with E-state index < -0.39 is 0 Å². The fourth-order valence-electron chi connectivity index (χ4n) is 1.73. The summed E-state index contributed by atoms with van der Waals surface area (Å²) < 4.78 is 0.896. The molecule has 1 aromatic rings. The molecule has 0 N–H and O–H groups in total. The molecule has 1 amide bonds. The third-order valence-electron chi connectivity index (χ3n) is 2.48. The van der Waals surface area contributed by atoms with E-state index in [1.165, 1.54) is 30.0 Å². The smallest absolute Gasteiger partial charge is 0.230 e. The molecular formula is C11H15N3O2S3. The number of carbonyl (C=O) groups is 2. The van der Waals surface area contributed by atoms with Crippen LogP contribution >= 0.6 is 34.9 Å². The summed E-state index contributed by atoms with van der Waals surface area (Å²) in [6, 6.07) is 0. The number of anilines is 1. The Morgan fingerprint density at radius 2 is 2.32 bits per heavy atom. The first-order valence-corrected chi connectivity index (χ1v) is 8.72. The largest absolute Gasteiger partial charge is 0.288 e. The van der Waals surface area contributed by atoms with E-state index in [0.717, 1.165) is 16.5 Å². The molecule has 1 aliphatic rings. The van der Waals surface area contributed by atoms with Gasteiger partial charge in [0.05, 0.1) is 0 Å². The third-order valence-corrected chi connectivity index (χ3v) is 5.74. The van der Waals surface area contributed by atoms with Gasteiger partial charge in [-0.3, -0.25) is 14.5 Å². The van der Waals surface area contributed by atoms with Gasteiger partial charge in [-0.1, -0.05) is 41.8 Å². The zero-order valence-corrected chi connectivity index (χ0v) is 13.2. The topological polar surface area (TPSA) is 63.2 Å². The van der Waals surface area contributed by atoms with Gasteiger partial charge >= 0.3 is 0 Å². The monoisotopic (exact) mass is 317 g/mol. The number of hydrogen-bond donors (Lipinski definition) is 0. The first kappa shape index (κ1) is 14.8. The van der Waals surface area contributed by atoms with Gasteiger partial charge in [0.1, 0.15) is 0 Å². The Balaban J connectivity index is 1.99. The van der Waals surface area contributed by atoms with Crippen LogP contribution in [0, 0.1) is 0 Å². The lowest BCUT2D eigenvalue weighted by Gasteiger charge is -2.10. The SMILES string of the molecule is CCCSc1nnc(N2CC(SC(C)=O)CC2=O)s1. The second-order valence-electron chi connectivity index (χ2n) is 4.14. The van der Waals surface area contributed by atoms with Crippen molar-refractivity contribution in [2.75, 3.05) is 17.2 Å². The van der Waals surface area contributed by atoms with Crippen LogP contribution in [0.4, 0.5) is 5.13 Å². The minimum absolute atomic E-state index is 0.0296. The van der Waals surface area contributed by atoms with Crippen molar-refractivity contribution < 1.29 is 9.59 Å². The van der Waals surface area contributed by atoms with Crippen LogP contribution in [-0.2, 0) is 9.59 Å². The van der Waals surface area contributed by atoms with Crippen molar-refractivity contribution in [2.45, 2.75) is 36.3 Å². The van der Waals surface area contributed by atoms with Crippen LogP contribution in [0.1, 0.15) is 26.7 Å². The average molecular weight is 317 g/mol. The van der Waals surface area contributed by atoms with Gasteiger partial charge in [-0.05, 0) is 6.42 Å². The summed E-state index contributed by atoms with van der Waals surface area (Å²) in [5.41, 5.74) is 0. The van der Waals surface area contributed by atoms with Gasteiger partial charge in [0.2, 0.25) is 11.0 Å². The molecule has 8 heteroatoms. The maximum Gasteiger partial charge on any atom is 0.230 e. The van der Waals surface area contributed by atoms with Crippen molar-refractivity contribution >= 4 is 51.0 Å². The Labute approximate surface area is 124 Å². The summed E-state index contributed by atoms with van der Waals surface area (Å²) in [5, 5.41) is 8.90. The molecule has 1 atom stereocenters. The Morgan fingerprint density at radius 3 is 3.00 bits per heavy atom. The number of thioether (sulfide) groups is 2. The summed E-state index contributed by atoms with van der Waals surface area (Å²) in [6.07, 6.45) is 1.49.